The number of nitrogens with zero attached hydrogens (tertiary/aromatic N) is 1. The molecule has 0 unspecified atom stereocenters. The Morgan fingerprint density at radius 1 is 0.812 bits per heavy atom. The summed E-state index contributed by atoms with van der Waals surface area (Å²) in [6.07, 6.45) is 0.648. The third-order valence-electron chi connectivity index (χ3n) is 5.30. The molecule has 0 bridgehead atoms. The average Bonchev–Trinajstić information content (AvgIpc) is 3.07. The maximum Gasteiger partial charge on any atom is 0.261 e. The number of ether oxygens (including phenoxy) is 1. The third kappa shape index (κ3) is 5.03. The number of nitrogens with one attached hydrogen (secondary N) is 1. The number of hydrogen-bond acceptors (Lipinski definition) is 4. The standard InChI is InChI=1S/C26H24N2O4/c29-24(14-7-15-28-25(30)22-12-4-5-13-23(22)26(28)31)27-17-20-10-6-11-21(16-20)32-18-19-8-2-1-3-9-19/h1-6,8-13,16H,7,14-15,17-18H2,(H,27,29). The van der Waals surface area contributed by atoms with Crippen LogP contribution in [0.25, 0.3) is 0 Å². The van der Waals surface area contributed by atoms with E-state index in [2.05, 4.69) is 5.32 Å². The largest absolute Gasteiger partial charge is 0.489 e. The molecule has 162 valence electrons. The van der Waals surface area contributed by atoms with Crippen molar-refractivity contribution in [3.8, 4) is 5.75 Å². The molecule has 0 aliphatic carbocycles. The minimum absolute atomic E-state index is 0.128. The van der Waals surface area contributed by atoms with Crippen LogP contribution in [0, 0.1) is 0 Å². The average molecular weight is 428 g/mol. The summed E-state index contributed by atoms with van der Waals surface area (Å²) < 4.78 is 5.83. The molecule has 1 N–H and O–H groups in total. The molecule has 6 nitrogen and oxygen atoms in total. The quantitative estimate of drug-likeness (QED) is 0.524. The summed E-state index contributed by atoms with van der Waals surface area (Å²) in [7, 11) is 0. The summed E-state index contributed by atoms with van der Waals surface area (Å²) >= 11 is 0. The molecule has 3 amide bonds. The fourth-order valence-corrected chi connectivity index (χ4v) is 3.62. The molecule has 3 aromatic rings. The second kappa shape index (κ2) is 9.92. The second-order valence-corrected chi connectivity index (χ2v) is 7.61. The molecular formula is C26H24N2O4. The van der Waals surface area contributed by atoms with Gasteiger partial charge < -0.3 is 10.1 Å². The minimum Gasteiger partial charge on any atom is -0.489 e. The summed E-state index contributed by atoms with van der Waals surface area (Å²) in [5, 5.41) is 2.88. The van der Waals surface area contributed by atoms with Gasteiger partial charge in [-0.1, -0.05) is 54.6 Å². The van der Waals surface area contributed by atoms with Gasteiger partial charge in [0, 0.05) is 19.5 Å². The molecule has 0 saturated heterocycles. The van der Waals surface area contributed by atoms with Gasteiger partial charge in [0.25, 0.3) is 11.8 Å². The Bertz CT molecular complexity index is 1090. The molecule has 3 aromatic carbocycles. The van der Waals surface area contributed by atoms with Gasteiger partial charge in [-0.2, -0.15) is 0 Å². The van der Waals surface area contributed by atoms with Gasteiger partial charge in [-0.15, -0.1) is 0 Å². The normalized spacial score (nSPS) is 12.6. The number of amides is 3. The van der Waals surface area contributed by atoms with E-state index in [-0.39, 0.29) is 30.7 Å². The predicted molar refractivity (Wildman–Crippen MR) is 120 cm³/mol. The maximum atomic E-state index is 12.4. The van der Waals surface area contributed by atoms with Gasteiger partial charge in [0.15, 0.2) is 0 Å². The number of imide groups is 1. The summed E-state index contributed by atoms with van der Waals surface area (Å²) in [6, 6.07) is 24.3. The van der Waals surface area contributed by atoms with Crippen LogP contribution < -0.4 is 10.1 Å². The van der Waals surface area contributed by atoms with Gasteiger partial charge in [0.2, 0.25) is 5.91 Å². The van der Waals surface area contributed by atoms with Gasteiger partial charge in [-0.25, -0.2) is 0 Å². The van der Waals surface area contributed by atoms with E-state index >= 15 is 0 Å². The van der Waals surface area contributed by atoms with Crippen molar-refractivity contribution in [2.24, 2.45) is 0 Å². The van der Waals surface area contributed by atoms with Crippen LogP contribution in [0.4, 0.5) is 0 Å². The Balaban J connectivity index is 1.21. The Labute approximate surface area is 186 Å². The molecule has 32 heavy (non-hydrogen) atoms. The van der Waals surface area contributed by atoms with Crippen molar-refractivity contribution >= 4 is 17.7 Å². The zero-order valence-corrected chi connectivity index (χ0v) is 17.6. The van der Waals surface area contributed by atoms with E-state index in [1.807, 2.05) is 54.6 Å². The van der Waals surface area contributed by atoms with Crippen LogP contribution in [0.5, 0.6) is 5.75 Å². The predicted octanol–water partition coefficient (Wildman–Crippen LogP) is 3.96. The fraction of sp³-hybridized carbons (Fsp3) is 0.192. The Kier molecular flexibility index (Phi) is 6.60. The van der Waals surface area contributed by atoms with Crippen LogP contribution in [0.1, 0.15) is 44.7 Å². The summed E-state index contributed by atoms with van der Waals surface area (Å²) in [6.45, 7) is 1.09. The lowest BCUT2D eigenvalue weighted by Gasteiger charge is -2.13. The first-order chi connectivity index (χ1) is 15.6. The molecule has 1 heterocycles. The van der Waals surface area contributed by atoms with Gasteiger partial charge in [0.05, 0.1) is 11.1 Å². The molecule has 1 aliphatic heterocycles. The highest BCUT2D eigenvalue weighted by atomic mass is 16.5. The lowest BCUT2D eigenvalue weighted by atomic mass is 10.1. The Morgan fingerprint density at radius 2 is 1.47 bits per heavy atom. The lowest BCUT2D eigenvalue weighted by molar-refractivity contribution is -0.121. The number of carbonyl (C=O) groups is 3. The van der Waals surface area contributed by atoms with Crippen molar-refractivity contribution in [1.29, 1.82) is 0 Å². The van der Waals surface area contributed by atoms with Crippen molar-refractivity contribution in [2.75, 3.05) is 6.54 Å². The first-order valence-corrected chi connectivity index (χ1v) is 10.6. The zero-order valence-electron chi connectivity index (χ0n) is 17.6. The SMILES string of the molecule is O=C(CCCN1C(=O)c2ccccc2C1=O)NCc1cccc(OCc2ccccc2)c1. The second-order valence-electron chi connectivity index (χ2n) is 7.61. The van der Waals surface area contributed by atoms with Crippen molar-refractivity contribution in [3.05, 3.63) is 101 Å². The number of hydrogen-bond donors (Lipinski definition) is 1. The van der Waals surface area contributed by atoms with E-state index in [0.29, 0.717) is 30.7 Å². The first-order valence-electron chi connectivity index (χ1n) is 10.6. The van der Waals surface area contributed by atoms with Crippen LogP contribution in [0.2, 0.25) is 0 Å². The molecule has 6 heteroatoms. The number of carbonyl (C=O) groups excluding carboxylic acids is 3. The fourth-order valence-electron chi connectivity index (χ4n) is 3.62. The van der Waals surface area contributed by atoms with Crippen molar-refractivity contribution in [1.82, 2.24) is 10.2 Å². The van der Waals surface area contributed by atoms with E-state index < -0.39 is 0 Å². The topological polar surface area (TPSA) is 75.7 Å². The number of rotatable bonds is 9. The van der Waals surface area contributed by atoms with E-state index in [0.717, 1.165) is 16.9 Å². The highest BCUT2D eigenvalue weighted by Gasteiger charge is 2.34. The van der Waals surface area contributed by atoms with Crippen molar-refractivity contribution in [2.45, 2.75) is 26.0 Å². The van der Waals surface area contributed by atoms with E-state index in [9.17, 15) is 14.4 Å². The monoisotopic (exact) mass is 428 g/mol. The van der Waals surface area contributed by atoms with E-state index in [1.54, 1.807) is 24.3 Å². The molecule has 0 atom stereocenters. The zero-order chi connectivity index (χ0) is 22.3. The lowest BCUT2D eigenvalue weighted by Crippen LogP contribution is -2.32. The van der Waals surface area contributed by atoms with E-state index in [4.69, 9.17) is 4.74 Å². The van der Waals surface area contributed by atoms with Crippen LogP contribution in [0.15, 0.2) is 78.9 Å². The van der Waals surface area contributed by atoms with Crippen LogP contribution in [-0.2, 0) is 17.9 Å². The molecule has 0 aromatic heterocycles. The van der Waals surface area contributed by atoms with E-state index in [1.165, 1.54) is 4.90 Å². The van der Waals surface area contributed by atoms with Crippen LogP contribution in [0.3, 0.4) is 0 Å². The summed E-state index contributed by atoms with van der Waals surface area (Å²) in [5.74, 6) is 0.0279. The number of fused-ring (bicyclic) bond motifs is 1. The maximum absolute atomic E-state index is 12.4. The highest BCUT2D eigenvalue weighted by molar-refractivity contribution is 6.21. The van der Waals surface area contributed by atoms with Crippen molar-refractivity contribution < 1.29 is 19.1 Å². The molecule has 0 spiro atoms. The van der Waals surface area contributed by atoms with Crippen LogP contribution >= 0.6 is 0 Å². The molecular weight excluding hydrogens is 404 g/mol. The summed E-state index contributed by atoms with van der Waals surface area (Å²) in [5.41, 5.74) is 2.88. The Morgan fingerprint density at radius 3 is 2.19 bits per heavy atom. The molecule has 4 rings (SSSR count). The summed E-state index contributed by atoms with van der Waals surface area (Å²) in [4.78, 5) is 38.2. The smallest absolute Gasteiger partial charge is 0.261 e. The Hall–Kier alpha value is -3.93. The first kappa shape index (κ1) is 21.3. The highest BCUT2D eigenvalue weighted by Crippen LogP contribution is 2.22. The van der Waals surface area contributed by atoms with Crippen LogP contribution in [-0.4, -0.2) is 29.2 Å². The molecule has 0 radical (unpaired) electrons. The third-order valence-corrected chi connectivity index (χ3v) is 5.30. The number of benzene rings is 3. The van der Waals surface area contributed by atoms with Gasteiger partial charge in [-0.05, 0) is 41.8 Å². The molecule has 0 saturated carbocycles. The van der Waals surface area contributed by atoms with Gasteiger partial charge in [-0.3, -0.25) is 19.3 Å². The molecule has 1 aliphatic rings. The van der Waals surface area contributed by atoms with Gasteiger partial charge >= 0.3 is 0 Å². The van der Waals surface area contributed by atoms with Crippen molar-refractivity contribution in [3.63, 3.8) is 0 Å². The minimum atomic E-state index is -0.293. The van der Waals surface area contributed by atoms with Gasteiger partial charge in [0.1, 0.15) is 12.4 Å². The molecule has 0 fully saturated rings.